The summed E-state index contributed by atoms with van der Waals surface area (Å²) in [7, 11) is -3.58. The van der Waals surface area contributed by atoms with Gasteiger partial charge in [-0.15, -0.1) is 11.3 Å². The first kappa shape index (κ1) is 10.6. The van der Waals surface area contributed by atoms with Crippen LogP contribution < -0.4 is 0 Å². The van der Waals surface area contributed by atoms with Crippen molar-refractivity contribution in [3.8, 4) is 0 Å². The van der Waals surface area contributed by atoms with E-state index >= 15 is 0 Å². The van der Waals surface area contributed by atoms with Crippen molar-refractivity contribution in [2.24, 2.45) is 0 Å². The Balaban J connectivity index is 2.28. The Labute approximate surface area is 91.0 Å². The average Bonchev–Trinajstić information content (AvgIpc) is 2.50. The van der Waals surface area contributed by atoms with E-state index in [1.165, 1.54) is 6.07 Å². The van der Waals surface area contributed by atoms with Crippen LogP contribution in [0.15, 0.2) is 21.7 Å². The highest BCUT2D eigenvalue weighted by atomic mass is 32.2. The lowest BCUT2D eigenvalue weighted by molar-refractivity contribution is -0.144. The average molecular weight is 247 g/mol. The van der Waals surface area contributed by atoms with Gasteiger partial charge in [0.15, 0.2) is 0 Å². The molecular weight excluding hydrogens is 238 g/mol. The normalized spacial score (nSPS) is 22.3. The molecule has 15 heavy (non-hydrogen) atoms. The molecule has 0 spiro atoms. The molecule has 1 saturated heterocycles. The highest BCUT2D eigenvalue weighted by molar-refractivity contribution is 7.91. The van der Waals surface area contributed by atoms with E-state index in [0.29, 0.717) is 6.42 Å². The predicted molar refractivity (Wildman–Crippen MR) is 54.3 cm³/mol. The van der Waals surface area contributed by atoms with Crippen molar-refractivity contribution in [2.45, 2.75) is 16.7 Å². The maximum Gasteiger partial charge on any atom is 0.322 e. The van der Waals surface area contributed by atoms with Gasteiger partial charge in [0.05, 0.1) is 0 Å². The van der Waals surface area contributed by atoms with Crippen LogP contribution >= 0.6 is 11.3 Å². The molecule has 0 bridgehead atoms. The summed E-state index contributed by atoms with van der Waals surface area (Å²) in [4.78, 5) is 10.7. The van der Waals surface area contributed by atoms with Gasteiger partial charge in [0.25, 0.3) is 10.0 Å². The second-order valence-corrected chi connectivity index (χ2v) is 6.26. The largest absolute Gasteiger partial charge is 0.480 e. The second kappa shape index (κ2) is 3.58. The summed E-state index contributed by atoms with van der Waals surface area (Å²) in [5.41, 5.74) is 0. The number of rotatable bonds is 3. The van der Waals surface area contributed by atoms with Crippen molar-refractivity contribution in [3.05, 3.63) is 17.5 Å². The SMILES string of the molecule is O=C(O)[C@@H]1CCN1S(=O)(=O)c1cccs1. The summed E-state index contributed by atoms with van der Waals surface area (Å²) >= 11 is 1.10. The number of sulfonamides is 1. The van der Waals surface area contributed by atoms with Crippen LogP contribution in [0.3, 0.4) is 0 Å². The molecule has 1 N–H and O–H groups in total. The third kappa shape index (κ3) is 1.66. The molecule has 1 aliphatic rings. The van der Waals surface area contributed by atoms with E-state index in [2.05, 4.69) is 0 Å². The number of aliphatic carboxylic acids is 1. The van der Waals surface area contributed by atoms with E-state index < -0.39 is 22.0 Å². The molecule has 1 aromatic rings. The summed E-state index contributed by atoms with van der Waals surface area (Å²) in [6, 6.07) is 2.22. The molecule has 1 atom stereocenters. The van der Waals surface area contributed by atoms with Crippen molar-refractivity contribution in [1.29, 1.82) is 0 Å². The Morgan fingerprint density at radius 1 is 1.60 bits per heavy atom. The fraction of sp³-hybridized carbons (Fsp3) is 0.375. The van der Waals surface area contributed by atoms with Gasteiger partial charge in [0.1, 0.15) is 10.3 Å². The van der Waals surface area contributed by atoms with Gasteiger partial charge in [-0.3, -0.25) is 4.79 Å². The van der Waals surface area contributed by atoms with Crippen molar-refractivity contribution in [2.75, 3.05) is 6.54 Å². The van der Waals surface area contributed by atoms with Crippen molar-refractivity contribution >= 4 is 27.3 Å². The first-order valence-corrected chi connectivity index (χ1v) is 6.63. The molecule has 0 radical (unpaired) electrons. The van der Waals surface area contributed by atoms with Gasteiger partial charge in [-0.2, -0.15) is 4.31 Å². The van der Waals surface area contributed by atoms with Gasteiger partial charge < -0.3 is 5.11 Å². The molecule has 0 unspecified atom stereocenters. The van der Waals surface area contributed by atoms with Gasteiger partial charge in [-0.1, -0.05) is 6.07 Å². The Morgan fingerprint density at radius 2 is 2.33 bits per heavy atom. The summed E-state index contributed by atoms with van der Waals surface area (Å²) in [5, 5.41) is 10.4. The van der Waals surface area contributed by atoms with Crippen LogP contribution in [-0.2, 0) is 14.8 Å². The Hall–Kier alpha value is -0.920. The number of carboxylic acid groups (broad SMARTS) is 1. The summed E-state index contributed by atoms with van der Waals surface area (Å²) in [5.74, 6) is -1.08. The zero-order valence-electron chi connectivity index (χ0n) is 7.66. The molecule has 0 aromatic carbocycles. The monoisotopic (exact) mass is 247 g/mol. The highest BCUT2D eigenvalue weighted by Gasteiger charge is 2.43. The van der Waals surface area contributed by atoms with Gasteiger partial charge in [-0.25, -0.2) is 8.42 Å². The van der Waals surface area contributed by atoms with E-state index in [0.717, 1.165) is 15.6 Å². The molecule has 7 heteroatoms. The number of carbonyl (C=O) groups is 1. The molecule has 0 aliphatic carbocycles. The van der Waals surface area contributed by atoms with Crippen LogP contribution in [0.4, 0.5) is 0 Å². The predicted octanol–water partition coefficient (Wildman–Crippen LogP) is 0.596. The summed E-state index contributed by atoms with van der Waals surface area (Å²) in [6.07, 6.45) is 0.389. The molecule has 5 nitrogen and oxygen atoms in total. The summed E-state index contributed by atoms with van der Waals surface area (Å²) < 4.78 is 25.0. The van der Waals surface area contributed by atoms with Gasteiger partial charge >= 0.3 is 5.97 Å². The lowest BCUT2D eigenvalue weighted by Gasteiger charge is -2.35. The number of hydrogen-bond acceptors (Lipinski definition) is 4. The molecule has 2 heterocycles. The lowest BCUT2D eigenvalue weighted by atomic mass is 10.1. The molecule has 2 rings (SSSR count). The molecule has 82 valence electrons. The number of thiophene rings is 1. The van der Waals surface area contributed by atoms with Crippen LogP contribution in [0, 0.1) is 0 Å². The quantitative estimate of drug-likeness (QED) is 0.848. The zero-order valence-corrected chi connectivity index (χ0v) is 9.29. The van der Waals surface area contributed by atoms with Gasteiger partial charge in [0.2, 0.25) is 0 Å². The van der Waals surface area contributed by atoms with Gasteiger partial charge in [0, 0.05) is 6.54 Å². The lowest BCUT2D eigenvalue weighted by Crippen LogP contribution is -2.54. The molecule has 1 aliphatic heterocycles. The topological polar surface area (TPSA) is 74.7 Å². The number of hydrogen-bond donors (Lipinski definition) is 1. The standard InChI is InChI=1S/C8H9NO4S2/c10-8(11)6-3-4-9(6)15(12,13)7-2-1-5-14-7/h1-2,5-6H,3-4H2,(H,10,11)/t6-/m0/s1. The maximum absolute atomic E-state index is 11.9. The first-order chi connectivity index (χ1) is 7.03. The van der Waals surface area contributed by atoms with E-state index in [4.69, 9.17) is 5.11 Å². The van der Waals surface area contributed by atoms with Gasteiger partial charge in [-0.05, 0) is 17.9 Å². The number of nitrogens with zero attached hydrogens (tertiary/aromatic N) is 1. The van der Waals surface area contributed by atoms with Crippen LogP contribution in [0.5, 0.6) is 0 Å². The Kier molecular flexibility index (Phi) is 2.53. The van der Waals surface area contributed by atoms with Crippen LogP contribution in [0.1, 0.15) is 6.42 Å². The molecular formula is C8H9NO4S2. The van der Waals surface area contributed by atoms with E-state index in [-0.39, 0.29) is 10.8 Å². The highest BCUT2D eigenvalue weighted by Crippen LogP contribution is 2.29. The van der Waals surface area contributed by atoms with Crippen molar-refractivity contribution < 1.29 is 18.3 Å². The molecule has 0 saturated carbocycles. The van der Waals surface area contributed by atoms with E-state index in [1.807, 2.05) is 0 Å². The fourth-order valence-corrected chi connectivity index (χ4v) is 4.17. The molecule has 1 aromatic heterocycles. The smallest absolute Gasteiger partial charge is 0.322 e. The summed E-state index contributed by atoms with van der Waals surface area (Å²) in [6.45, 7) is 0.289. The van der Waals surface area contributed by atoms with Crippen LogP contribution in [-0.4, -0.2) is 36.4 Å². The third-order valence-electron chi connectivity index (χ3n) is 2.31. The zero-order chi connectivity index (χ0) is 11.1. The van der Waals surface area contributed by atoms with E-state index in [1.54, 1.807) is 11.4 Å². The minimum absolute atomic E-state index is 0.202. The van der Waals surface area contributed by atoms with Crippen molar-refractivity contribution in [1.82, 2.24) is 4.31 Å². The van der Waals surface area contributed by atoms with Crippen molar-refractivity contribution in [3.63, 3.8) is 0 Å². The first-order valence-electron chi connectivity index (χ1n) is 4.31. The Morgan fingerprint density at radius 3 is 2.73 bits per heavy atom. The number of carboxylic acids is 1. The molecule has 0 amide bonds. The molecule has 1 fully saturated rings. The minimum Gasteiger partial charge on any atom is -0.480 e. The van der Waals surface area contributed by atoms with E-state index in [9.17, 15) is 13.2 Å². The Bertz CT molecular complexity index is 465. The third-order valence-corrected chi connectivity index (χ3v) is 5.59. The van der Waals surface area contributed by atoms with Crippen LogP contribution in [0.25, 0.3) is 0 Å². The van der Waals surface area contributed by atoms with Crippen LogP contribution in [0.2, 0.25) is 0 Å². The minimum atomic E-state index is -3.58. The second-order valence-electron chi connectivity index (χ2n) is 3.19. The maximum atomic E-state index is 11.9. The fourth-order valence-electron chi connectivity index (χ4n) is 1.42.